The molecule has 6 heteroatoms. The average Bonchev–Trinajstić information content (AvgIpc) is 2.75. The summed E-state index contributed by atoms with van der Waals surface area (Å²) < 4.78 is 0. The summed E-state index contributed by atoms with van der Waals surface area (Å²) in [7, 11) is 0. The molecule has 2 aromatic rings. The van der Waals surface area contributed by atoms with E-state index >= 15 is 0 Å². The number of carboxylic acid groups (broad SMARTS) is 1. The average molecular weight is 276 g/mol. The largest absolute Gasteiger partial charge is 0.478 e. The molecule has 0 aliphatic rings. The number of aryl methyl sites for hydroxylation is 1. The number of amides is 1. The molecule has 0 unspecified atom stereocenters. The van der Waals surface area contributed by atoms with E-state index in [1.807, 2.05) is 12.3 Å². The number of hydrogen-bond donors (Lipinski definition) is 3. The molecule has 0 radical (unpaired) electrons. The Hall–Kier alpha value is -2.34. The molecule has 0 bridgehead atoms. The molecule has 98 valence electrons. The van der Waals surface area contributed by atoms with Gasteiger partial charge in [0.25, 0.3) is 5.91 Å². The Morgan fingerprint density at radius 3 is 2.58 bits per heavy atom. The lowest BCUT2D eigenvalue weighted by Crippen LogP contribution is -2.15. The number of carbonyl (C=O) groups excluding carboxylic acids is 1. The molecule has 1 aromatic carbocycles. The van der Waals surface area contributed by atoms with Crippen LogP contribution in [0.3, 0.4) is 0 Å². The fourth-order valence-corrected chi connectivity index (χ4v) is 2.46. The molecule has 0 aliphatic heterocycles. The zero-order chi connectivity index (χ0) is 14.0. The maximum atomic E-state index is 12.0. The minimum Gasteiger partial charge on any atom is -0.478 e. The van der Waals surface area contributed by atoms with Gasteiger partial charge in [0.2, 0.25) is 0 Å². The van der Waals surface area contributed by atoms with E-state index in [-0.39, 0.29) is 17.2 Å². The molecule has 19 heavy (non-hydrogen) atoms. The van der Waals surface area contributed by atoms with E-state index in [1.165, 1.54) is 29.5 Å². The molecule has 0 spiro atoms. The van der Waals surface area contributed by atoms with Crippen molar-refractivity contribution < 1.29 is 14.7 Å². The van der Waals surface area contributed by atoms with E-state index in [4.69, 9.17) is 10.8 Å². The second-order valence-corrected chi connectivity index (χ2v) is 4.78. The van der Waals surface area contributed by atoms with Crippen molar-refractivity contribution in [2.75, 3.05) is 11.1 Å². The lowest BCUT2D eigenvalue weighted by atomic mass is 10.1. The first-order valence-corrected chi connectivity index (χ1v) is 6.40. The fourth-order valence-electron chi connectivity index (χ4n) is 1.63. The highest BCUT2D eigenvalue weighted by molar-refractivity contribution is 7.08. The van der Waals surface area contributed by atoms with Gasteiger partial charge in [-0.05, 0) is 36.1 Å². The molecular formula is C13H12N2O3S. The topological polar surface area (TPSA) is 92.4 Å². The van der Waals surface area contributed by atoms with Gasteiger partial charge in [0.1, 0.15) is 0 Å². The van der Waals surface area contributed by atoms with Gasteiger partial charge in [-0.1, -0.05) is 0 Å². The van der Waals surface area contributed by atoms with Crippen LogP contribution in [0.5, 0.6) is 0 Å². The Balaban J connectivity index is 2.33. The van der Waals surface area contributed by atoms with Crippen molar-refractivity contribution >= 4 is 34.6 Å². The number of carboxylic acids is 1. The van der Waals surface area contributed by atoms with Crippen LogP contribution in [0.1, 0.15) is 26.3 Å². The molecule has 0 atom stereocenters. The zero-order valence-corrected chi connectivity index (χ0v) is 11.0. The number of nitrogens with two attached hydrogens (primary N) is 1. The Labute approximate surface area is 113 Å². The van der Waals surface area contributed by atoms with Crippen LogP contribution in [0.2, 0.25) is 0 Å². The van der Waals surface area contributed by atoms with Crippen molar-refractivity contribution in [2.45, 2.75) is 6.92 Å². The van der Waals surface area contributed by atoms with Crippen LogP contribution in [0.15, 0.2) is 29.0 Å². The number of nitrogen functional groups attached to an aromatic ring is 1. The highest BCUT2D eigenvalue weighted by Crippen LogP contribution is 2.21. The number of nitrogens with one attached hydrogen (secondary N) is 1. The first-order valence-electron chi connectivity index (χ1n) is 5.46. The normalized spacial score (nSPS) is 10.2. The molecule has 1 aromatic heterocycles. The summed E-state index contributed by atoms with van der Waals surface area (Å²) in [4.78, 5) is 23.1. The molecule has 4 N–H and O–H groups in total. The van der Waals surface area contributed by atoms with Gasteiger partial charge in [0.15, 0.2) is 0 Å². The molecular weight excluding hydrogens is 264 g/mol. The third-order valence-electron chi connectivity index (χ3n) is 2.62. The van der Waals surface area contributed by atoms with Gasteiger partial charge in [-0.15, -0.1) is 0 Å². The lowest BCUT2D eigenvalue weighted by molar-refractivity contribution is 0.0698. The van der Waals surface area contributed by atoms with Gasteiger partial charge >= 0.3 is 5.97 Å². The van der Waals surface area contributed by atoms with Crippen LogP contribution in [0, 0.1) is 6.92 Å². The van der Waals surface area contributed by atoms with Gasteiger partial charge in [0.05, 0.1) is 16.8 Å². The van der Waals surface area contributed by atoms with Crippen LogP contribution in [0.25, 0.3) is 0 Å². The monoisotopic (exact) mass is 276 g/mol. The van der Waals surface area contributed by atoms with E-state index in [1.54, 1.807) is 5.38 Å². The quantitative estimate of drug-likeness (QED) is 0.751. The summed E-state index contributed by atoms with van der Waals surface area (Å²) in [5, 5.41) is 15.2. The number of benzene rings is 1. The lowest BCUT2D eigenvalue weighted by Gasteiger charge is -2.09. The summed E-state index contributed by atoms with van der Waals surface area (Å²) in [6.45, 7) is 1.82. The number of thiophene rings is 1. The maximum Gasteiger partial charge on any atom is 0.337 e. The molecule has 1 amide bonds. The number of rotatable bonds is 3. The molecule has 0 aliphatic carbocycles. The van der Waals surface area contributed by atoms with Crippen LogP contribution < -0.4 is 11.1 Å². The fraction of sp³-hybridized carbons (Fsp3) is 0.0769. The SMILES string of the molecule is Cc1cscc1C(=O)Nc1cc(N)ccc1C(=O)O. The molecule has 0 saturated carbocycles. The van der Waals surface area contributed by atoms with Gasteiger partial charge in [-0.3, -0.25) is 4.79 Å². The molecule has 2 rings (SSSR count). The van der Waals surface area contributed by atoms with Crippen molar-refractivity contribution in [1.82, 2.24) is 0 Å². The van der Waals surface area contributed by atoms with E-state index in [0.29, 0.717) is 11.3 Å². The standard InChI is InChI=1S/C13H12N2O3S/c1-7-5-19-6-10(7)12(16)15-11-4-8(14)2-3-9(11)13(17)18/h2-6H,14H2,1H3,(H,15,16)(H,17,18). The Morgan fingerprint density at radius 2 is 2.00 bits per heavy atom. The zero-order valence-electron chi connectivity index (χ0n) is 10.1. The van der Waals surface area contributed by atoms with Crippen molar-refractivity contribution in [2.24, 2.45) is 0 Å². The minimum absolute atomic E-state index is 0.00966. The molecule has 5 nitrogen and oxygen atoms in total. The predicted molar refractivity (Wildman–Crippen MR) is 74.8 cm³/mol. The third-order valence-corrected chi connectivity index (χ3v) is 3.48. The van der Waals surface area contributed by atoms with Crippen LogP contribution in [-0.2, 0) is 0 Å². The van der Waals surface area contributed by atoms with Crippen LogP contribution in [-0.4, -0.2) is 17.0 Å². The van der Waals surface area contributed by atoms with Gasteiger partial charge in [-0.2, -0.15) is 11.3 Å². The smallest absolute Gasteiger partial charge is 0.337 e. The summed E-state index contributed by atoms with van der Waals surface area (Å²) >= 11 is 1.42. The number of hydrogen-bond acceptors (Lipinski definition) is 4. The van der Waals surface area contributed by atoms with Crippen molar-refractivity contribution in [3.8, 4) is 0 Å². The Morgan fingerprint density at radius 1 is 1.26 bits per heavy atom. The number of aromatic carboxylic acids is 1. The second kappa shape index (κ2) is 5.11. The summed E-state index contributed by atoms with van der Waals surface area (Å²) in [6.07, 6.45) is 0. The second-order valence-electron chi connectivity index (χ2n) is 4.03. The van der Waals surface area contributed by atoms with Gasteiger partial charge < -0.3 is 16.2 Å². The Kier molecular flexibility index (Phi) is 3.52. The predicted octanol–water partition coefficient (Wildman–Crippen LogP) is 2.59. The van der Waals surface area contributed by atoms with Gasteiger partial charge in [-0.25, -0.2) is 4.79 Å². The Bertz CT molecular complexity index is 649. The van der Waals surface area contributed by atoms with E-state index in [0.717, 1.165) is 5.56 Å². The van der Waals surface area contributed by atoms with Crippen molar-refractivity contribution in [3.63, 3.8) is 0 Å². The highest BCUT2D eigenvalue weighted by atomic mass is 32.1. The maximum absolute atomic E-state index is 12.0. The summed E-state index contributed by atoms with van der Waals surface area (Å²) in [5.74, 6) is -1.45. The first-order chi connectivity index (χ1) is 8.99. The minimum atomic E-state index is -1.11. The summed E-state index contributed by atoms with van der Waals surface area (Å²) in [5.41, 5.74) is 7.59. The van der Waals surface area contributed by atoms with Crippen molar-refractivity contribution in [1.29, 1.82) is 0 Å². The highest BCUT2D eigenvalue weighted by Gasteiger charge is 2.15. The molecule has 1 heterocycles. The van der Waals surface area contributed by atoms with E-state index in [2.05, 4.69) is 5.32 Å². The number of carbonyl (C=O) groups is 2. The van der Waals surface area contributed by atoms with E-state index < -0.39 is 5.97 Å². The first kappa shape index (κ1) is 13.1. The van der Waals surface area contributed by atoms with E-state index in [9.17, 15) is 9.59 Å². The van der Waals surface area contributed by atoms with Crippen molar-refractivity contribution in [3.05, 3.63) is 45.6 Å². The van der Waals surface area contributed by atoms with Crippen LogP contribution in [0.4, 0.5) is 11.4 Å². The third kappa shape index (κ3) is 2.74. The molecule has 0 saturated heterocycles. The number of anilines is 2. The summed E-state index contributed by atoms with van der Waals surface area (Å²) in [6, 6.07) is 4.28. The van der Waals surface area contributed by atoms with Gasteiger partial charge in [0, 0.05) is 11.1 Å². The van der Waals surface area contributed by atoms with Crippen LogP contribution >= 0.6 is 11.3 Å². The molecule has 0 fully saturated rings.